The van der Waals surface area contributed by atoms with Gasteiger partial charge in [0.1, 0.15) is 0 Å². The van der Waals surface area contributed by atoms with Gasteiger partial charge >= 0.3 is 0 Å². The first-order chi connectivity index (χ1) is 13.6. The van der Waals surface area contributed by atoms with E-state index < -0.39 is 0 Å². The minimum Gasteiger partial charge on any atom is -0.326 e. The number of piperidine rings is 1. The highest BCUT2D eigenvalue weighted by Crippen LogP contribution is 2.58. The summed E-state index contributed by atoms with van der Waals surface area (Å²) in [6.45, 7) is 4.48. The lowest BCUT2D eigenvalue weighted by Gasteiger charge is -2.23. The van der Waals surface area contributed by atoms with Crippen LogP contribution in [0.2, 0.25) is 0 Å². The number of nitrogens with zero attached hydrogens (tertiary/aromatic N) is 1. The van der Waals surface area contributed by atoms with Crippen molar-refractivity contribution < 1.29 is 9.59 Å². The summed E-state index contributed by atoms with van der Waals surface area (Å²) < 4.78 is 0. The van der Waals surface area contributed by atoms with Gasteiger partial charge in [-0.1, -0.05) is 18.9 Å². The summed E-state index contributed by atoms with van der Waals surface area (Å²) in [7, 11) is 0. The number of nitrogens with one attached hydrogen (secondary N) is 3. The SMILES string of the molecule is O=C(CN1CCCCCC1)Nc1cccc(NC(=O)C2CC23CCNCC3)c1. The summed E-state index contributed by atoms with van der Waals surface area (Å²) in [5.41, 5.74) is 1.73. The standard InChI is InChI=1S/C22H32N4O2/c27-20(16-26-12-3-1-2-4-13-26)24-17-6-5-7-18(14-17)25-21(28)19-15-22(19)8-10-23-11-9-22/h5-7,14,19,23H,1-4,8-13,15-16H2,(H,24,27)(H,25,28). The fourth-order valence-electron chi connectivity index (χ4n) is 4.80. The number of anilines is 2. The zero-order valence-electron chi connectivity index (χ0n) is 16.6. The summed E-state index contributed by atoms with van der Waals surface area (Å²) in [5.74, 6) is 0.270. The second-order valence-electron chi connectivity index (χ2n) is 8.68. The maximum absolute atomic E-state index is 12.7. The number of rotatable bonds is 5. The van der Waals surface area contributed by atoms with E-state index in [1.54, 1.807) is 0 Å². The molecule has 1 aromatic carbocycles. The Hall–Kier alpha value is -1.92. The van der Waals surface area contributed by atoms with Crippen LogP contribution in [-0.2, 0) is 9.59 Å². The zero-order chi connectivity index (χ0) is 19.4. The van der Waals surface area contributed by atoms with Gasteiger partial charge in [0.05, 0.1) is 6.54 Å². The Balaban J connectivity index is 1.29. The van der Waals surface area contributed by atoms with Crippen LogP contribution in [0.25, 0.3) is 0 Å². The molecule has 0 bridgehead atoms. The number of hydrogen-bond donors (Lipinski definition) is 3. The molecule has 2 saturated heterocycles. The largest absolute Gasteiger partial charge is 0.326 e. The molecule has 3 aliphatic rings. The van der Waals surface area contributed by atoms with Crippen LogP contribution in [0.4, 0.5) is 11.4 Å². The van der Waals surface area contributed by atoms with Crippen molar-refractivity contribution in [3.63, 3.8) is 0 Å². The molecule has 2 heterocycles. The van der Waals surface area contributed by atoms with E-state index in [4.69, 9.17) is 0 Å². The third-order valence-electron chi connectivity index (χ3n) is 6.59. The van der Waals surface area contributed by atoms with Crippen molar-refractivity contribution in [3.8, 4) is 0 Å². The maximum Gasteiger partial charge on any atom is 0.238 e. The molecule has 1 saturated carbocycles. The molecule has 28 heavy (non-hydrogen) atoms. The lowest BCUT2D eigenvalue weighted by molar-refractivity contribution is -0.118. The monoisotopic (exact) mass is 384 g/mol. The van der Waals surface area contributed by atoms with Crippen LogP contribution in [-0.4, -0.2) is 49.4 Å². The Kier molecular flexibility index (Phi) is 5.97. The molecule has 3 N–H and O–H groups in total. The average molecular weight is 385 g/mol. The molecular formula is C22H32N4O2. The van der Waals surface area contributed by atoms with Gasteiger partial charge in [0.15, 0.2) is 0 Å². The number of benzene rings is 1. The van der Waals surface area contributed by atoms with Gasteiger partial charge in [0.2, 0.25) is 11.8 Å². The molecule has 6 heteroatoms. The van der Waals surface area contributed by atoms with E-state index in [1.807, 2.05) is 24.3 Å². The Bertz CT molecular complexity index is 706. The third-order valence-corrected chi connectivity index (χ3v) is 6.59. The second kappa shape index (κ2) is 8.62. The van der Waals surface area contributed by atoms with Crippen LogP contribution in [0.5, 0.6) is 0 Å². The van der Waals surface area contributed by atoms with Gasteiger partial charge in [0, 0.05) is 17.3 Å². The first-order valence-corrected chi connectivity index (χ1v) is 10.8. The highest BCUT2D eigenvalue weighted by molar-refractivity contribution is 5.97. The molecule has 1 aromatic rings. The van der Waals surface area contributed by atoms with Crippen molar-refractivity contribution in [1.29, 1.82) is 0 Å². The molecule has 3 fully saturated rings. The van der Waals surface area contributed by atoms with Crippen LogP contribution in [0, 0.1) is 11.3 Å². The first kappa shape index (κ1) is 19.4. The smallest absolute Gasteiger partial charge is 0.238 e. The molecule has 1 aliphatic carbocycles. The molecule has 2 amide bonds. The van der Waals surface area contributed by atoms with E-state index in [-0.39, 0.29) is 23.1 Å². The molecule has 1 spiro atoms. The predicted octanol–water partition coefficient (Wildman–Crippen LogP) is 2.83. The molecule has 0 aromatic heterocycles. The molecule has 1 unspecified atom stereocenters. The summed E-state index contributed by atoms with van der Waals surface area (Å²) in [6, 6.07) is 7.50. The van der Waals surface area contributed by atoms with Gasteiger partial charge in [-0.3, -0.25) is 14.5 Å². The average Bonchev–Trinajstić information content (AvgIpc) is 3.43. The Labute approximate surface area is 167 Å². The molecule has 152 valence electrons. The van der Waals surface area contributed by atoms with Gasteiger partial charge < -0.3 is 16.0 Å². The number of carbonyl (C=O) groups is 2. The van der Waals surface area contributed by atoms with Crippen molar-refractivity contribution >= 4 is 23.2 Å². The number of amides is 2. The zero-order valence-corrected chi connectivity index (χ0v) is 16.6. The van der Waals surface area contributed by atoms with Gasteiger partial charge in [0.25, 0.3) is 0 Å². The number of likely N-dealkylation sites (tertiary alicyclic amines) is 1. The molecule has 1 atom stereocenters. The highest BCUT2D eigenvalue weighted by Gasteiger charge is 2.57. The van der Waals surface area contributed by atoms with E-state index in [2.05, 4.69) is 20.9 Å². The Morgan fingerprint density at radius 1 is 1.04 bits per heavy atom. The topological polar surface area (TPSA) is 73.5 Å². The molecule has 6 nitrogen and oxygen atoms in total. The third kappa shape index (κ3) is 4.73. The molecular weight excluding hydrogens is 352 g/mol. The van der Waals surface area contributed by atoms with Crippen LogP contribution in [0.3, 0.4) is 0 Å². The van der Waals surface area contributed by atoms with E-state index >= 15 is 0 Å². The second-order valence-corrected chi connectivity index (χ2v) is 8.68. The van der Waals surface area contributed by atoms with Crippen LogP contribution in [0.15, 0.2) is 24.3 Å². The summed E-state index contributed by atoms with van der Waals surface area (Å²) >= 11 is 0. The van der Waals surface area contributed by atoms with Crippen molar-refractivity contribution in [2.45, 2.75) is 44.9 Å². The highest BCUT2D eigenvalue weighted by atomic mass is 16.2. The minimum absolute atomic E-state index is 0.0150. The van der Waals surface area contributed by atoms with Crippen molar-refractivity contribution in [2.75, 3.05) is 43.4 Å². The maximum atomic E-state index is 12.7. The van der Waals surface area contributed by atoms with E-state index in [9.17, 15) is 9.59 Å². The van der Waals surface area contributed by atoms with Crippen LogP contribution in [0.1, 0.15) is 44.9 Å². The van der Waals surface area contributed by atoms with Gasteiger partial charge in [-0.2, -0.15) is 0 Å². The fraction of sp³-hybridized carbons (Fsp3) is 0.636. The predicted molar refractivity (Wildman–Crippen MR) is 111 cm³/mol. The minimum atomic E-state index is 0.0150. The first-order valence-electron chi connectivity index (χ1n) is 10.8. The lowest BCUT2D eigenvalue weighted by Crippen LogP contribution is -2.33. The Morgan fingerprint density at radius 2 is 1.71 bits per heavy atom. The Morgan fingerprint density at radius 3 is 2.43 bits per heavy atom. The quantitative estimate of drug-likeness (QED) is 0.730. The summed E-state index contributed by atoms with van der Waals surface area (Å²) in [6.07, 6.45) is 8.07. The molecule has 4 rings (SSSR count). The van der Waals surface area contributed by atoms with Gasteiger partial charge in [-0.25, -0.2) is 0 Å². The summed E-state index contributed by atoms with van der Waals surface area (Å²) in [5, 5.41) is 9.41. The van der Waals surface area contributed by atoms with Gasteiger partial charge in [-0.15, -0.1) is 0 Å². The van der Waals surface area contributed by atoms with E-state index in [0.29, 0.717) is 6.54 Å². The van der Waals surface area contributed by atoms with Gasteiger partial charge in [-0.05, 0) is 81.9 Å². The van der Waals surface area contributed by atoms with Crippen LogP contribution < -0.4 is 16.0 Å². The van der Waals surface area contributed by atoms with Crippen molar-refractivity contribution in [2.24, 2.45) is 11.3 Å². The normalized spacial score (nSPS) is 24.4. The van der Waals surface area contributed by atoms with E-state index in [0.717, 1.165) is 56.8 Å². The molecule has 2 aliphatic heterocycles. The van der Waals surface area contributed by atoms with Crippen molar-refractivity contribution in [1.82, 2.24) is 10.2 Å². The van der Waals surface area contributed by atoms with Crippen LogP contribution >= 0.6 is 0 Å². The number of carbonyl (C=O) groups excluding carboxylic acids is 2. The van der Waals surface area contributed by atoms with Crippen molar-refractivity contribution in [3.05, 3.63) is 24.3 Å². The number of hydrogen-bond acceptors (Lipinski definition) is 4. The lowest BCUT2D eigenvalue weighted by atomic mass is 9.92. The van der Waals surface area contributed by atoms with E-state index in [1.165, 1.54) is 25.7 Å². The fourth-order valence-corrected chi connectivity index (χ4v) is 4.80. The molecule has 0 radical (unpaired) electrons. The summed E-state index contributed by atoms with van der Waals surface area (Å²) in [4.78, 5) is 27.3.